The van der Waals surface area contributed by atoms with E-state index in [1.807, 2.05) is 13.0 Å². The summed E-state index contributed by atoms with van der Waals surface area (Å²) in [7, 11) is 0.542. The largest absolute Gasteiger partial charge is 0.460 e. The van der Waals surface area contributed by atoms with E-state index in [4.69, 9.17) is 33.2 Å². The second kappa shape index (κ2) is 32.6. The predicted molar refractivity (Wildman–Crippen MR) is 289 cm³/mol. The van der Waals surface area contributed by atoms with Gasteiger partial charge in [-0.3, -0.25) is 19.2 Å². The van der Waals surface area contributed by atoms with Crippen LogP contribution >= 0.6 is 0 Å². The van der Waals surface area contributed by atoms with Crippen LogP contribution in [-0.2, 0) is 67.2 Å². The number of sulfonamides is 1. The van der Waals surface area contributed by atoms with E-state index >= 15 is 0 Å². The lowest BCUT2D eigenvalue weighted by atomic mass is 9.78. The molecule has 0 radical (unpaired) electrons. The lowest BCUT2D eigenvalue weighted by molar-refractivity contribution is -0.264. The van der Waals surface area contributed by atoms with Crippen molar-refractivity contribution < 1.29 is 80.9 Å². The molecule has 4 N–H and O–H groups in total. The van der Waals surface area contributed by atoms with Crippen molar-refractivity contribution in [2.45, 2.75) is 186 Å². The van der Waals surface area contributed by atoms with E-state index in [0.717, 1.165) is 11.3 Å². The van der Waals surface area contributed by atoms with Gasteiger partial charge in [0.25, 0.3) is 11.7 Å². The molecule has 3 fully saturated rings. The van der Waals surface area contributed by atoms with Gasteiger partial charge >= 0.3 is 5.97 Å². The topological polar surface area (TPSA) is 260 Å². The van der Waals surface area contributed by atoms with Gasteiger partial charge in [-0.15, -0.1) is 0 Å². The highest BCUT2D eigenvalue weighted by Crippen LogP contribution is 2.38. The number of rotatable bonds is 17. The van der Waals surface area contributed by atoms with Crippen molar-refractivity contribution in [3.8, 4) is 0 Å². The van der Waals surface area contributed by atoms with Crippen molar-refractivity contribution in [2.24, 2.45) is 29.6 Å². The van der Waals surface area contributed by atoms with Gasteiger partial charge in [-0.25, -0.2) is 17.9 Å². The van der Waals surface area contributed by atoms with E-state index < -0.39 is 87.7 Å². The Kier molecular flexibility index (Phi) is 28.0. The second-order valence-electron chi connectivity index (χ2n) is 21.8. The number of allylic oxidation sites excluding steroid dienone is 6. The third-order valence-electron chi connectivity index (χ3n) is 15.9. The van der Waals surface area contributed by atoms with Crippen molar-refractivity contribution in [3.63, 3.8) is 0 Å². The van der Waals surface area contributed by atoms with Crippen LogP contribution < -0.4 is 4.72 Å². The predicted octanol–water partition coefficient (Wildman–Crippen LogP) is 5.28. The Balaban J connectivity index is 1.71. The van der Waals surface area contributed by atoms with Gasteiger partial charge in [0.05, 0.1) is 43.9 Å². The number of cyclic esters (lactones) is 1. The summed E-state index contributed by atoms with van der Waals surface area (Å²) < 4.78 is 70.2. The van der Waals surface area contributed by atoms with E-state index in [9.17, 15) is 47.7 Å². The van der Waals surface area contributed by atoms with Gasteiger partial charge in [-0.05, 0) is 115 Å². The van der Waals surface area contributed by atoms with Gasteiger partial charge in [0.2, 0.25) is 15.8 Å². The molecule has 0 spiro atoms. The summed E-state index contributed by atoms with van der Waals surface area (Å²) in [4.78, 5) is 72.7. The van der Waals surface area contributed by atoms with Gasteiger partial charge in [0, 0.05) is 71.3 Å². The molecule has 3 heterocycles. The molecule has 0 aromatic heterocycles. The number of carbonyl (C=O) groups is 5. The number of fused-ring (bicyclic) bond motifs is 3. The zero-order valence-electron chi connectivity index (χ0n) is 47.2. The van der Waals surface area contributed by atoms with Gasteiger partial charge in [-0.2, -0.15) is 0 Å². The molecule has 2 saturated heterocycles. The molecule has 0 aromatic carbocycles. The standard InChI is InChI=1S/C57H92N2O17S/c1-37-18-13-11-10-12-14-19-38(2)51(62)53(72-9)52(63)41(5)32-39(3)47(61)36-49(40(4)33-43-22-24-48(50(34-43)71-8)74-27-17-26-60)75-56(66)46-20-15-16-25-59(46)55(65)54(64)57(67)42(6)21-23-44(76-57)35-45(37)58-77(68,69)31-30-73-29-28-70-7/h10-13,18,32,38-40,42-46,48-50,52-53,58,60,63,67H,14-17,19-31,33-36H2,1-9H3/b12-10+,13-11+,37-18+,41-32+/t38?,39?,40-,42+,43+,44-,45+,46?,48-,49?,50-,52?,53?,57+/m1/s1. The van der Waals surface area contributed by atoms with E-state index in [2.05, 4.69) is 4.72 Å². The molecule has 438 valence electrons. The fourth-order valence-corrected chi connectivity index (χ4v) is 12.0. The number of nitrogens with one attached hydrogen (secondary N) is 1. The number of amides is 1. The summed E-state index contributed by atoms with van der Waals surface area (Å²) in [5, 5.41) is 33.0. The highest BCUT2D eigenvalue weighted by Gasteiger charge is 2.53. The number of methoxy groups -OCH3 is 3. The maximum absolute atomic E-state index is 14.6. The molecule has 1 aliphatic carbocycles. The summed E-state index contributed by atoms with van der Waals surface area (Å²) in [5.41, 5.74) is 0.946. The minimum Gasteiger partial charge on any atom is -0.460 e. The molecule has 1 saturated carbocycles. The van der Waals surface area contributed by atoms with E-state index in [-0.39, 0.29) is 93.4 Å². The van der Waals surface area contributed by atoms with Crippen molar-refractivity contribution in [3.05, 3.63) is 47.6 Å². The quantitative estimate of drug-likeness (QED) is 0.0625. The van der Waals surface area contributed by atoms with Crippen LogP contribution in [0.25, 0.3) is 0 Å². The Morgan fingerprint density at radius 3 is 2.32 bits per heavy atom. The first-order chi connectivity index (χ1) is 36.6. The number of aliphatic hydroxyl groups excluding tert-OH is 2. The SMILES string of the molecule is COCCOCCS(=O)(=O)N[C@H]1C[C@H]2CC[C@H](C)[C@](O)(O2)C(=O)C(=O)N2CCCCC2C(=O)OC([C@H](C)C[C@@H]2CC[C@@H](OCCCO)[C@H](OC)C2)CC(=O)C(C)/C=C(\C)C(O)C(OC)C(=O)C(C)CC/C=C/C=C/C=C/1C. The highest BCUT2D eigenvalue weighted by atomic mass is 32.2. The van der Waals surface area contributed by atoms with E-state index in [0.29, 0.717) is 82.1 Å². The van der Waals surface area contributed by atoms with Gasteiger partial charge in [-0.1, -0.05) is 69.7 Å². The molecular formula is C57H92N2O17S. The minimum atomic E-state index is -3.95. The number of carbonyl (C=O) groups excluding carboxylic acids is 5. The van der Waals surface area contributed by atoms with Gasteiger partial charge in [0.15, 0.2) is 5.78 Å². The fraction of sp³-hybridized carbons (Fsp3) is 0.772. The number of ether oxygens (including phenoxy) is 7. The third-order valence-corrected chi connectivity index (χ3v) is 17.2. The highest BCUT2D eigenvalue weighted by molar-refractivity contribution is 7.89. The van der Waals surface area contributed by atoms with Crippen LogP contribution in [0.1, 0.15) is 131 Å². The van der Waals surface area contributed by atoms with Crippen LogP contribution in [0.15, 0.2) is 47.6 Å². The number of nitrogens with zero attached hydrogens (tertiary/aromatic N) is 1. The molecule has 2 bridgehead atoms. The maximum atomic E-state index is 14.6. The first-order valence-corrected chi connectivity index (χ1v) is 29.5. The second-order valence-corrected chi connectivity index (χ2v) is 23.7. The first kappa shape index (κ1) is 66.0. The van der Waals surface area contributed by atoms with Crippen LogP contribution in [0.3, 0.4) is 0 Å². The molecule has 77 heavy (non-hydrogen) atoms. The number of hydrogen-bond donors (Lipinski definition) is 4. The Hall–Kier alpha value is -3.54. The van der Waals surface area contributed by atoms with Gasteiger partial charge in [0.1, 0.15) is 30.1 Å². The average molecular weight is 1110 g/mol. The number of hydrogen-bond acceptors (Lipinski definition) is 17. The molecular weight excluding hydrogens is 1020 g/mol. The first-order valence-electron chi connectivity index (χ1n) is 27.8. The number of ketones is 3. The maximum Gasteiger partial charge on any atom is 0.329 e. The number of esters is 1. The molecule has 6 unspecified atom stereocenters. The van der Waals surface area contributed by atoms with E-state index in [1.54, 1.807) is 72.1 Å². The Morgan fingerprint density at radius 1 is 0.870 bits per heavy atom. The van der Waals surface area contributed by atoms with Crippen LogP contribution in [0.2, 0.25) is 0 Å². The molecule has 4 rings (SSSR count). The van der Waals surface area contributed by atoms with Crippen LogP contribution in [-0.4, -0.2) is 179 Å². The number of aliphatic hydroxyl groups is 3. The summed E-state index contributed by atoms with van der Waals surface area (Å²) in [6.07, 6.45) is 11.4. The summed E-state index contributed by atoms with van der Waals surface area (Å²) >= 11 is 0. The zero-order chi connectivity index (χ0) is 56.9. The lowest BCUT2D eigenvalue weighted by Crippen LogP contribution is -2.61. The molecule has 19 nitrogen and oxygen atoms in total. The number of piperidine rings is 1. The Labute approximate surface area is 457 Å². The lowest BCUT2D eigenvalue weighted by Gasteiger charge is -2.43. The Morgan fingerprint density at radius 2 is 1.62 bits per heavy atom. The van der Waals surface area contributed by atoms with Crippen LogP contribution in [0.4, 0.5) is 0 Å². The third kappa shape index (κ3) is 19.9. The van der Waals surface area contributed by atoms with Gasteiger partial charge < -0.3 is 53.4 Å². The average Bonchev–Trinajstić information content (AvgIpc) is 3.42. The number of Topliss-reactive ketones (excluding diaryl/α,β-unsaturated/α-hetero) is 3. The van der Waals surface area contributed by atoms with Crippen LogP contribution in [0.5, 0.6) is 0 Å². The monoisotopic (exact) mass is 1110 g/mol. The molecule has 1 amide bonds. The normalized spacial score (nSPS) is 35.2. The van der Waals surface area contributed by atoms with Crippen molar-refractivity contribution in [1.29, 1.82) is 0 Å². The summed E-state index contributed by atoms with van der Waals surface area (Å²) in [5.74, 6) is -9.13. The van der Waals surface area contributed by atoms with E-state index in [1.165, 1.54) is 14.2 Å². The molecule has 0 aromatic rings. The minimum absolute atomic E-state index is 0.00799. The summed E-state index contributed by atoms with van der Waals surface area (Å²) in [6.45, 7) is 11.2. The molecule has 20 heteroatoms. The van der Waals surface area contributed by atoms with Crippen molar-refractivity contribution >= 4 is 39.2 Å². The van der Waals surface area contributed by atoms with Crippen molar-refractivity contribution in [1.82, 2.24) is 9.62 Å². The smallest absolute Gasteiger partial charge is 0.329 e. The fourth-order valence-electron chi connectivity index (χ4n) is 10.8. The molecule has 14 atom stereocenters. The summed E-state index contributed by atoms with van der Waals surface area (Å²) in [6, 6.07) is -2.09. The zero-order valence-corrected chi connectivity index (χ0v) is 48.0. The molecule has 4 aliphatic rings. The Bertz CT molecular complexity index is 2150. The molecule has 3 aliphatic heterocycles. The van der Waals surface area contributed by atoms with Crippen molar-refractivity contribution in [2.75, 3.05) is 66.7 Å². The van der Waals surface area contributed by atoms with Crippen LogP contribution in [0, 0.1) is 29.6 Å².